The van der Waals surface area contributed by atoms with Gasteiger partial charge in [0.1, 0.15) is 17.4 Å². The molecule has 0 aliphatic heterocycles. The van der Waals surface area contributed by atoms with E-state index in [1.165, 1.54) is 12.3 Å². The van der Waals surface area contributed by atoms with Gasteiger partial charge < -0.3 is 4.74 Å². The van der Waals surface area contributed by atoms with Gasteiger partial charge in [0.05, 0.1) is 0 Å². The monoisotopic (exact) mass is 230 g/mol. The molecule has 1 heterocycles. The van der Waals surface area contributed by atoms with E-state index in [0.29, 0.717) is 5.69 Å². The van der Waals surface area contributed by atoms with Gasteiger partial charge in [-0.2, -0.15) is 5.26 Å². The van der Waals surface area contributed by atoms with Crippen LogP contribution in [0.5, 0.6) is 0 Å². The molecule has 1 aromatic rings. The molecule has 0 saturated carbocycles. The first-order valence-electron chi connectivity index (χ1n) is 5.18. The Labute approximate surface area is 101 Å². The van der Waals surface area contributed by atoms with Crippen LogP contribution in [-0.2, 0) is 9.53 Å². The molecule has 4 heteroatoms. The van der Waals surface area contributed by atoms with Gasteiger partial charge in [-0.3, -0.25) is 0 Å². The van der Waals surface area contributed by atoms with Crippen molar-refractivity contribution in [2.24, 2.45) is 0 Å². The molecule has 0 N–H and O–H groups in total. The summed E-state index contributed by atoms with van der Waals surface area (Å²) in [6, 6.07) is 5.24. The number of carbonyl (C=O) groups excluding carboxylic acids is 1. The molecule has 17 heavy (non-hydrogen) atoms. The largest absolute Gasteiger partial charge is 0.457 e. The molecule has 0 radical (unpaired) electrons. The van der Waals surface area contributed by atoms with Gasteiger partial charge in [-0.05, 0) is 44.5 Å². The Morgan fingerprint density at radius 1 is 1.53 bits per heavy atom. The lowest BCUT2D eigenvalue weighted by molar-refractivity contribution is -0.148. The quantitative estimate of drug-likeness (QED) is 0.577. The van der Waals surface area contributed by atoms with Crippen LogP contribution in [0.3, 0.4) is 0 Å². The number of rotatable bonds is 2. The molecule has 1 aromatic heterocycles. The number of nitriles is 1. The second-order valence-corrected chi connectivity index (χ2v) is 4.45. The van der Waals surface area contributed by atoms with Crippen LogP contribution >= 0.6 is 0 Å². The Kier molecular flexibility index (Phi) is 4.00. The Hall–Kier alpha value is -2.15. The number of hydrogen-bond acceptors (Lipinski definition) is 4. The van der Waals surface area contributed by atoms with Gasteiger partial charge >= 0.3 is 5.97 Å². The predicted molar refractivity (Wildman–Crippen MR) is 63.8 cm³/mol. The van der Waals surface area contributed by atoms with Crippen LogP contribution in [0.1, 0.15) is 32.0 Å². The van der Waals surface area contributed by atoms with Crippen molar-refractivity contribution in [3.63, 3.8) is 0 Å². The molecule has 0 unspecified atom stereocenters. The van der Waals surface area contributed by atoms with Crippen LogP contribution in [0.4, 0.5) is 0 Å². The zero-order chi connectivity index (χ0) is 12.9. The van der Waals surface area contributed by atoms with E-state index < -0.39 is 11.6 Å². The molecule has 1 rings (SSSR count). The minimum Gasteiger partial charge on any atom is -0.457 e. The van der Waals surface area contributed by atoms with Crippen LogP contribution in [0.2, 0.25) is 0 Å². The molecule has 0 fully saturated rings. The summed E-state index contributed by atoms with van der Waals surface area (Å²) in [5, 5.41) is 8.66. The van der Waals surface area contributed by atoms with Crippen molar-refractivity contribution in [2.45, 2.75) is 26.4 Å². The first-order chi connectivity index (χ1) is 7.90. The number of esters is 1. The smallest absolute Gasteiger partial charge is 0.331 e. The van der Waals surface area contributed by atoms with Crippen molar-refractivity contribution in [2.75, 3.05) is 0 Å². The maximum atomic E-state index is 11.4. The third-order valence-electron chi connectivity index (χ3n) is 1.72. The van der Waals surface area contributed by atoms with E-state index in [2.05, 4.69) is 4.98 Å². The Morgan fingerprint density at radius 3 is 2.82 bits per heavy atom. The maximum Gasteiger partial charge on any atom is 0.331 e. The SMILES string of the molecule is CC(C)(C)OC(=O)/C=C/c1ccnc(C#N)c1. The highest BCUT2D eigenvalue weighted by Gasteiger charge is 2.13. The summed E-state index contributed by atoms with van der Waals surface area (Å²) in [5.41, 5.74) is 0.552. The van der Waals surface area contributed by atoms with E-state index in [-0.39, 0.29) is 0 Å². The van der Waals surface area contributed by atoms with Gasteiger partial charge in [0.15, 0.2) is 0 Å². The number of pyridine rings is 1. The topological polar surface area (TPSA) is 63.0 Å². The van der Waals surface area contributed by atoms with Gasteiger partial charge in [0.2, 0.25) is 0 Å². The summed E-state index contributed by atoms with van der Waals surface area (Å²) in [6.45, 7) is 5.41. The van der Waals surface area contributed by atoms with Crippen LogP contribution in [-0.4, -0.2) is 16.6 Å². The molecule has 0 bridgehead atoms. The normalized spacial score (nSPS) is 11.2. The van der Waals surface area contributed by atoms with Crippen molar-refractivity contribution in [3.8, 4) is 6.07 Å². The lowest BCUT2D eigenvalue weighted by Gasteiger charge is -2.17. The minimum absolute atomic E-state index is 0.316. The van der Waals surface area contributed by atoms with E-state index in [9.17, 15) is 4.79 Å². The van der Waals surface area contributed by atoms with Gasteiger partial charge in [0, 0.05) is 12.3 Å². The van der Waals surface area contributed by atoms with E-state index in [4.69, 9.17) is 10.00 Å². The summed E-state index contributed by atoms with van der Waals surface area (Å²) in [7, 11) is 0. The number of hydrogen-bond donors (Lipinski definition) is 0. The average molecular weight is 230 g/mol. The van der Waals surface area contributed by atoms with Gasteiger partial charge in [-0.15, -0.1) is 0 Å². The summed E-state index contributed by atoms with van der Waals surface area (Å²) >= 11 is 0. The van der Waals surface area contributed by atoms with E-state index in [1.54, 1.807) is 39.0 Å². The molecule has 0 spiro atoms. The van der Waals surface area contributed by atoms with Crippen LogP contribution in [0.15, 0.2) is 24.4 Å². The lowest BCUT2D eigenvalue weighted by atomic mass is 10.2. The van der Waals surface area contributed by atoms with Gasteiger partial charge in [0.25, 0.3) is 0 Å². The Morgan fingerprint density at radius 2 is 2.24 bits per heavy atom. The number of carbonyl (C=O) groups is 1. The molecule has 0 atom stereocenters. The molecule has 0 aromatic carbocycles. The zero-order valence-electron chi connectivity index (χ0n) is 10.1. The summed E-state index contributed by atoms with van der Waals surface area (Å²) in [6.07, 6.45) is 4.45. The number of nitrogens with zero attached hydrogens (tertiary/aromatic N) is 2. The van der Waals surface area contributed by atoms with Crippen LogP contribution in [0, 0.1) is 11.3 Å². The van der Waals surface area contributed by atoms with Crippen molar-refractivity contribution in [1.29, 1.82) is 5.26 Å². The average Bonchev–Trinajstić information content (AvgIpc) is 2.24. The van der Waals surface area contributed by atoms with Gasteiger partial charge in [-0.25, -0.2) is 9.78 Å². The molecular weight excluding hydrogens is 216 g/mol. The first-order valence-corrected chi connectivity index (χ1v) is 5.18. The molecule has 0 saturated heterocycles. The van der Waals surface area contributed by atoms with Crippen molar-refractivity contribution in [1.82, 2.24) is 4.98 Å². The zero-order valence-corrected chi connectivity index (χ0v) is 10.1. The minimum atomic E-state index is -0.502. The Balaban J connectivity index is 2.71. The van der Waals surface area contributed by atoms with Crippen LogP contribution in [0.25, 0.3) is 6.08 Å². The van der Waals surface area contributed by atoms with Crippen molar-refractivity contribution >= 4 is 12.0 Å². The van der Waals surface area contributed by atoms with E-state index >= 15 is 0 Å². The number of ether oxygens (including phenoxy) is 1. The second kappa shape index (κ2) is 5.26. The second-order valence-electron chi connectivity index (χ2n) is 4.45. The maximum absolute atomic E-state index is 11.4. The van der Waals surface area contributed by atoms with Crippen LogP contribution < -0.4 is 0 Å². The summed E-state index contributed by atoms with van der Waals surface area (Å²) in [5.74, 6) is -0.409. The molecule has 0 amide bonds. The highest BCUT2D eigenvalue weighted by molar-refractivity contribution is 5.87. The standard InChI is InChI=1S/C13H14N2O2/c1-13(2,3)17-12(16)5-4-10-6-7-15-11(8-10)9-14/h4-8H,1-3H3/b5-4+. The molecular formula is C13H14N2O2. The molecule has 88 valence electrons. The van der Waals surface area contributed by atoms with Gasteiger partial charge in [-0.1, -0.05) is 0 Å². The predicted octanol–water partition coefficient (Wildman–Crippen LogP) is 2.31. The third kappa shape index (κ3) is 4.94. The molecule has 0 aliphatic rings. The Bertz CT molecular complexity index is 479. The van der Waals surface area contributed by atoms with E-state index in [0.717, 1.165) is 5.56 Å². The fourth-order valence-corrected chi connectivity index (χ4v) is 1.11. The highest BCUT2D eigenvalue weighted by atomic mass is 16.6. The first kappa shape index (κ1) is 12.9. The lowest BCUT2D eigenvalue weighted by Crippen LogP contribution is -2.22. The summed E-state index contributed by atoms with van der Waals surface area (Å²) < 4.78 is 5.11. The molecule has 0 aliphatic carbocycles. The fraction of sp³-hybridized carbons (Fsp3) is 0.308. The van der Waals surface area contributed by atoms with Crippen molar-refractivity contribution < 1.29 is 9.53 Å². The summed E-state index contributed by atoms with van der Waals surface area (Å²) in [4.78, 5) is 15.2. The number of aromatic nitrogens is 1. The van der Waals surface area contributed by atoms with Crippen molar-refractivity contribution in [3.05, 3.63) is 35.7 Å². The molecule has 4 nitrogen and oxygen atoms in total. The third-order valence-corrected chi connectivity index (χ3v) is 1.72. The van der Waals surface area contributed by atoms with E-state index in [1.807, 2.05) is 6.07 Å². The fourth-order valence-electron chi connectivity index (χ4n) is 1.11. The highest BCUT2D eigenvalue weighted by Crippen LogP contribution is 2.08.